The first-order chi connectivity index (χ1) is 8.72. The van der Waals surface area contributed by atoms with Crippen LogP contribution >= 0.6 is 0 Å². The fourth-order valence-electron chi connectivity index (χ4n) is 3.80. The molecule has 1 aromatic heterocycles. The van der Waals surface area contributed by atoms with Gasteiger partial charge in [0.05, 0.1) is 11.4 Å². The first-order valence-corrected chi connectivity index (χ1v) is 7.21. The van der Waals surface area contributed by atoms with E-state index >= 15 is 0 Å². The molecule has 4 heteroatoms. The fourth-order valence-corrected chi connectivity index (χ4v) is 3.80. The zero-order valence-corrected chi connectivity index (χ0v) is 11.7. The molecule has 1 N–H and O–H groups in total. The van der Waals surface area contributed by atoms with E-state index < -0.39 is 0 Å². The largest absolute Gasteiger partial charge is 0.363 e. The van der Waals surface area contributed by atoms with Crippen LogP contribution in [0.3, 0.4) is 0 Å². The van der Waals surface area contributed by atoms with E-state index in [2.05, 4.69) is 35.5 Å². The lowest BCUT2D eigenvalue weighted by Crippen LogP contribution is -2.48. The van der Waals surface area contributed by atoms with E-state index in [0.29, 0.717) is 6.04 Å². The van der Waals surface area contributed by atoms with Crippen LogP contribution in [0, 0.1) is 0 Å². The number of hydrogen-bond donors (Lipinski definition) is 1. The molecule has 0 aromatic carbocycles. The van der Waals surface area contributed by atoms with Gasteiger partial charge >= 0.3 is 0 Å². The number of aromatic nitrogens is 2. The molecule has 2 bridgehead atoms. The SMILES string of the molecule is CCc1nn(C)cc1N1C2CCC1CC(NC)C2. The average Bonchev–Trinajstić information content (AvgIpc) is 2.86. The Labute approximate surface area is 109 Å². The van der Waals surface area contributed by atoms with E-state index in [1.165, 1.54) is 37.1 Å². The van der Waals surface area contributed by atoms with Gasteiger partial charge in [0.2, 0.25) is 0 Å². The third-order valence-electron chi connectivity index (χ3n) is 4.64. The molecule has 3 rings (SSSR count). The van der Waals surface area contributed by atoms with Crippen molar-refractivity contribution in [1.29, 1.82) is 0 Å². The van der Waals surface area contributed by atoms with Crippen LogP contribution in [0.1, 0.15) is 38.3 Å². The van der Waals surface area contributed by atoms with Crippen LogP contribution in [0.15, 0.2) is 6.20 Å². The first-order valence-electron chi connectivity index (χ1n) is 7.21. The monoisotopic (exact) mass is 248 g/mol. The lowest BCUT2D eigenvalue weighted by molar-refractivity contribution is 0.373. The summed E-state index contributed by atoms with van der Waals surface area (Å²) in [6.07, 6.45) is 8.50. The minimum Gasteiger partial charge on any atom is -0.363 e. The molecule has 0 saturated carbocycles. The van der Waals surface area contributed by atoms with Gasteiger partial charge in [-0.3, -0.25) is 4.68 Å². The summed E-state index contributed by atoms with van der Waals surface area (Å²) in [5, 5.41) is 8.06. The Kier molecular flexibility index (Phi) is 3.06. The lowest BCUT2D eigenvalue weighted by atomic mass is 9.96. The molecule has 0 spiro atoms. The maximum absolute atomic E-state index is 4.60. The molecule has 0 radical (unpaired) electrons. The zero-order valence-electron chi connectivity index (χ0n) is 11.7. The lowest BCUT2D eigenvalue weighted by Gasteiger charge is -2.40. The molecule has 4 nitrogen and oxygen atoms in total. The topological polar surface area (TPSA) is 33.1 Å². The van der Waals surface area contributed by atoms with Gasteiger partial charge in [-0.2, -0.15) is 5.10 Å². The minimum absolute atomic E-state index is 0.709. The maximum atomic E-state index is 4.60. The number of aryl methyl sites for hydroxylation is 2. The molecule has 0 aliphatic carbocycles. The molecule has 18 heavy (non-hydrogen) atoms. The van der Waals surface area contributed by atoms with Crippen molar-refractivity contribution in [2.75, 3.05) is 11.9 Å². The predicted octanol–water partition coefficient (Wildman–Crippen LogP) is 1.70. The molecule has 100 valence electrons. The molecule has 1 aromatic rings. The summed E-state index contributed by atoms with van der Waals surface area (Å²) in [4.78, 5) is 2.67. The van der Waals surface area contributed by atoms with Crippen LogP contribution in [-0.2, 0) is 13.5 Å². The third kappa shape index (κ3) is 1.83. The number of nitrogens with one attached hydrogen (secondary N) is 1. The Bertz CT molecular complexity index is 411. The highest BCUT2D eigenvalue weighted by molar-refractivity contribution is 5.53. The molecule has 2 fully saturated rings. The van der Waals surface area contributed by atoms with E-state index in [0.717, 1.165) is 18.5 Å². The number of piperidine rings is 1. The van der Waals surface area contributed by atoms with Crippen LogP contribution in [0.25, 0.3) is 0 Å². The van der Waals surface area contributed by atoms with E-state index in [1.807, 2.05) is 11.7 Å². The van der Waals surface area contributed by atoms with Gasteiger partial charge in [0.15, 0.2) is 0 Å². The Morgan fingerprint density at radius 3 is 2.56 bits per heavy atom. The van der Waals surface area contributed by atoms with E-state index in [4.69, 9.17) is 0 Å². The summed E-state index contributed by atoms with van der Waals surface area (Å²) in [6, 6.07) is 2.15. The van der Waals surface area contributed by atoms with Crippen LogP contribution in [0.2, 0.25) is 0 Å². The van der Waals surface area contributed by atoms with Crippen LogP contribution in [0.4, 0.5) is 5.69 Å². The normalized spacial score (nSPS) is 31.1. The van der Waals surface area contributed by atoms with Crippen molar-refractivity contribution in [1.82, 2.24) is 15.1 Å². The average molecular weight is 248 g/mol. The second-order valence-electron chi connectivity index (χ2n) is 5.74. The van der Waals surface area contributed by atoms with Crippen molar-refractivity contribution in [3.8, 4) is 0 Å². The van der Waals surface area contributed by atoms with Gasteiger partial charge in [0, 0.05) is 31.4 Å². The van der Waals surface area contributed by atoms with Gasteiger partial charge in [-0.15, -0.1) is 0 Å². The highest BCUT2D eigenvalue weighted by Crippen LogP contribution is 2.40. The van der Waals surface area contributed by atoms with Crippen LogP contribution in [-0.4, -0.2) is 35.0 Å². The molecule has 3 heterocycles. The second-order valence-corrected chi connectivity index (χ2v) is 5.74. The predicted molar refractivity (Wildman–Crippen MR) is 74.0 cm³/mol. The van der Waals surface area contributed by atoms with Crippen LogP contribution in [0.5, 0.6) is 0 Å². The molecule has 2 atom stereocenters. The summed E-state index contributed by atoms with van der Waals surface area (Å²) >= 11 is 0. The Morgan fingerprint density at radius 1 is 1.33 bits per heavy atom. The number of fused-ring (bicyclic) bond motifs is 2. The quantitative estimate of drug-likeness (QED) is 0.884. The summed E-state index contributed by atoms with van der Waals surface area (Å²) in [5.41, 5.74) is 2.65. The number of nitrogens with zero attached hydrogens (tertiary/aromatic N) is 3. The van der Waals surface area contributed by atoms with E-state index in [1.54, 1.807) is 0 Å². The van der Waals surface area contributed by atoms with Gasteiger partial charge in [-0.05, 0) is 39.2 Å². The van der Waals surface area contributed by atoms with Crippen molar-refractivity contribution < 1.29 is 0 Å². The van der Waals surface area contributed by atoms with E-state index in [9.17, 15) is 0 Å². The van der Waals surface area contributed by atoms with Gasteiger partial charge < -0.3 is 10.2 Å². The molecular weight excluding hydrogens is 224 g/mol. The highest BCUT2D eigenvalue weighted by Gasteiger charge is 2.41. The minimum atomic E-state index is 0.709. The Hall–Kier alpha value is -1.03. The summed E-state index contributed by atoms with van der Waals surface area (Å²) < 4.78 is 1.97. The maximum Gasteiger partial charge on any atom is 0.0855 e. The molecular formula is C14H24N4. The standard InChI is InChI=1S/C14H24N4/c1-4-13-14(9-17(3)16-13)18-11-5-6-12(18)8-10(7-11)15-2/h9-12,15H,4-8H2,1-3H3. The molecule has 2 unspecified atom stereocenters. The highest BCUT2D eigenvalue weighted by atomic mass is 15.3. The fraction of sp³-hybridized carbons (Fsp3) is 0.786. The number of hydrogen-bond acceptors (Lipinski definition) is 3. The Morgan fingerprint density at radius 2 is 2.00 bits per heavy atom. The van der Waals surface area contributed by atoms with Crippen molar-refractivity contribution in [2.45, 2.75) is 57.2 Å². The third-order valence-corrected chi connectivity index (χ3v) is 4.64. The number of rotatable bonds is 3. The number of anilines is 1. The molecule has 2 aliphatic rings. The van der Waals surface area contributed by atoms with Gasteiger partial charge in [0.1, 0.15) is 0 Å². The van der Waals surface area contributed by atoms with Gasteiger partial charge in [0.25, 0.3) is 0 Å². The van der Waals surface area contributed by atoms with Crippen molar-refractivity contribution in [3.05, 3.63) is 11.9 Å². The smallest absolute Gasteiger partial charge is 0.0855 e. The summed E-state index contributed by atoms with van der Waals surface area (Å²) in [5.74, 6) is 0. The van der Waals surface area contributed by atoms with Crippen molar-refractivity contribution in [3.63, 3.8) is 0 Å². The molecule has 2 saturated heterocycles. The van der Waals surface area contributed by atoms with Crippen molar-refractivity contribution in [2.24, 2.45) is 7.05 Å². The van der Waals surface area contributed by atoms with Crippen LogP contribution < -0.4 is 10.2 Å². The second kappa shape index (κ2) is 4.57. The van der Waals surface area contributed by atoms with Gasteiger partial charge in [-0.25, -0.2) is 0 Å². The van der Waals surface area contributed by atoms with Crippen molar-refractivity contribution >= 4 is 5.69 Å². The van der Waals surface area contributed by atoms with Gasteiger partial charge in [-0.1, -0.05) is 6.92 Å². The molecule has 2 aliphatic heterocycles. The zero-order chi connectivity index (χ0) is 12.7. The molecule has 0 amide bonds. The first kappa shape index (κ1) is 12.0. The van der Waals surface area contributed by atoms with E-state index in [-0.39, 0.29) is 0 Å². The summed E-state index contributed by atoms with van der Waals surface area (Å²) in [7, 11) is 4.13. The summed E-state index contributed by atoms with van der Waals surface area (Å²) in [6.45, 7) is 2.20. The Balaban J connectivity index is 1.89.